The maximum absolute atomic E-state index is 11.6. The first-order valence-corrected chi connectivity index (χ1v) is 6.65. The molecule has 0 aliphatic carbocycles. The van der Waals surface area contributed by atoms with E-state index in [0.29, 0.717) is 17.3 Å². The monoisotopic (exact) mass is 307 g/mol. The van der Waals surface area contributed by atoms with Crippen LogP contribution in [0.4, 0.5) is 11.5 Å². The molecule has 1 heterocycles. The normalized spacial score (nSPS) is 10.7. The number of anilines is 2. The molecule has 0 saturated heterocycles. The second kappa shape index (κ2) is 5.97. The van der Waals surface area contributed by atoms with Gasteiger partial charge < -0.3 is 15.4 Å². The van der Waals surface area contributed by atoms with Crippen LogP contribution in [0, 0.1) is 0 Å². The average Bonchev–Trinajstić information content (AvgIpc) is 2.37. The number of aromatic nitrogens is 2. The van der Waals surface area contributed by atoms with Gasteiger partial charge in [0.1, 0.15) is 11.6 Å². The van der Waals surface area contributed by atoms with E-state index >= 15 is 0 Å². The number of hydrogen-bond donors (Lipinski definition) is 3. The van der Waals surface area contributed by atoms with Crippen molar-refractivity contribution < 1.29 is 9.90 Å². The highest BCUT2D eigenvalue weighted by Crippen LogP contribution is 2.23. The lowest BCUT2D eigenvalue weighted by molar-refractivity contribution is 0.0697. The molecule has 0 saturated carbocycles. The Bertz CT molecular complexity index is 740. The maximum Gasteiger partial charge on any atom is 0.337 e. The average molecular weight is 308 g/mol. The SMILES string of the molecule is CC(C)c1nc(Nc2ccc(C(=O)O)c(Cl)c2)cc(=O)[nH]1. The summed E-state index contributed by atoms with van der Waals surface area (Å²) >= 11 is 5.89. The number of nitrogens with one attached hydrogen (secondary N) is 2. The lowest BCUT2D eigenvalue weighted by Crippen LogP contribution is -2.13. The number of carboxylic acids is 1. The van der Waals surface area contributed by atoms with Crippen molar-refractivity contribution in [3.63, 3.8) is 0 Å². The van der Waals surface area contributed by atoms with Gasteiger partial charge in [0, 0.05) is 17.7 Å². The third kappa shape index (κ3) is 3.61. The first-order valence-electron chi connectivity index (χ1n) is 6.28. The Morgan fingerprint density at radius 3 is 2.67 bits per heavy atom. The number of hydrogen-bond acceptors (Lipinski definition) is 4. The first kappa shape index (κ1) is 15.1. The lowest BCUT2D eigenvalue weighted by Gasteiger charge is -2.10. The minimum atomic E-state index is -1.09. The highest BCUT2D eigenvalue weighted by Gasteiger charge is 2.10. The molecule has 0 bridgehead atoms. The molecule has 7 heteroatoms. The molecule has 0 fully saturated rings. The minimum Gasteiger partial charge on any atom is -0.478 e. The van der Waals surface area contributed by atoms with Gasteiger partial charge in [0.2, 0.25) is 0 Å². The Labute approximate surface area is 125 Å². The smallest absolute Gasteiger partial charge is 0.337 e. The van der Waals surface area contributed by atoms with Crippen LogP contribution in [0.5, 0.6) is 0 Å². The van der Waals surface area contributed by atoms with Crippen LogP contribution < -0.4 is 10.9 Å². The van der Waals surface area contributed by atoms with Crippen molar-refractivity contribution in [1.29, 1.82) is 0 Å². The van der Waals surface area contributed by atoms with Crippen molar-refractivity contribution in [2.45, 2.75) is 19.8 Å². The number of H-pyrrole nitrogens is 1. The van der Waals surface area contributed by atoms with Gasteiger partial charge in [-0.3, -0.25) is 4.79 Å². The number of rotatable bonds is 4. The van der Waals surface area contributed by atoms with Crippen LogP contribution in [0.2, 0.25) is 5.02 Å². The highest BCUT2D eigenvalue weighted by atomic mass is 35.5. The summed E-state index contributed by atoms with van der Waals surface area (Å²) in [6.07, 6.45) is 0. The van der Waals surface area contributed by atoms with Crippen LogP contribution in [0.25, 0.3) is 0 Å². The molecule has 1 aromatic carbocycles. The van der Waals surface area contributed by atoms with E-state index in [0.717, 1.165) is 0 Å². The van der Waals surface area contributed by atoms with Crippen molar-refractivity contribution in [3.8, 4) is 0 Å². The number of aromatic amines is 1. The number of nitrogens with zero attached hydrogens (tertiary/aromatic N) is 1. The van der Waals surface area contributed by atoms with E-state index in [4.69, 9.17) is 16.7 Å². The van der Waals surface area contributed by atoms with Gasteiger partial charge in [-0.25, -0.2) is 9.78 Å². The summed E-state index contributed by atoms with van der Waals surface area (Å²) in [5, 5.41) is 12.0. The van der Waals surface area contributed by atoms with Gasteiger partial charge in [0.05, 0.1) is 10.6 Å². The van der Waals surface area contributed by atoms with Crippen LogP contribution >= 0.6 is 11.6 Å². The summed E-state index contributed by atoms with van der Waals surface area (Å²) in [5.74, 6) is -0.0693. The molecule has 0 radical (unpaired) electrons. The molecule has 0 aliphatic heterocycles. The number of aromatic carboxylic acids is 1. The third-order valence-corrected chi connectivity index (χ3v) is 3.09. The highest BCUT2D eigenvalue weighted by molar-refractivity contribution is 6.33. The van der Waals surface area contributed by atoms with E-state index in [9.17, 15) is 9.59 Å². The minimum absolute atomic E-state index is 0.0176. The van der Waals surface area contributed by atoms with Gasteiger partial charge in [0.25, 0.3) is 5.56 Å². The zero-order chi connectivity index (χ0) is 15.6. The summed E-state index contributed by atoms with van der Waals surface area (Å²) in [6, 6.07) is 5.75. The number of carboxylic acid groups (broad SMARTS) is 1. The summed E-state index contributed by atoms with van der Waals surface area (Å²) in [6.45, 7) is 3.83. The number of benzene rings is 1. The zero-order valence-corrected chi connectivity index (χ0v) is 12.2. The van der Waals surface area contributed by atoms with E-state index < -0.39 is 5.97 Å². The standard InChI is InChI=1S/C14H14ClN3O3/c1-7(2)13-17-11(6-12(19)18-13)16-8-3-4-9(14(20)21)10(15)5-8/h3-7H,1-2H3,(H,20,21)(H2,16,17,18,19). The Balaban J connectivity index is 2.32. The molecule has 2 rings (SSSR count). The van der Waals surface area contributed by atoms with Gasteiger partial charge in [-0.1, -0.05) is 25.4 Å². The van der Waals surface area contributed by atoms with Crippen LogP contribution in [0.15, 0.2) is 29.1 Å². The van der Waals surface area contributed by atoms with E-state index in [1.165, 1.54) is 18.2 Å². The predicted molar refractivity (Wildman–Crippen MR) is 80.6 cm³/mol. The lowest BCUT2D eigenvalue weighted by atomic mass is 10.2. The van der Waals surface area contributed by atoms with E-state index in [1.54, 1.807) is 6.07 Å². The van der Waals surface area contributed by atoms with Gasteiger partial charge in [-0.15, -0.1) is 0 Å². The summed E-state index contributed by atoms with van der Waals surface area (Å²) < 4.78 is 0. The largest absolute Gasteiger partial charge is 0.478 e. The van der Waals surface area contributed by atoms with Crippen molar-refractivity contribution in [2.75, 3.05) is 5.32 Å². The third-order valence-electron chi connectivity index (χ3n) is 2.78. The molecule has 2 aromatic rings. The van der Waals surface area contributed by atoms with Crippen molar-refractivity contribution in [1.82, 2.24) is 9.97 Å². The molecule has 0 atom stereocenters. The Morgan fingerprint density at radius 2 is 2.10 bits per heavy atom. The second-order valence-corrected chi connectivity index (χ2v) is 5.20. The van der Waals surface area contributed by atoms with Gasteiger partial charge in [-0.2, -0.15) is 0 Å². The van der Waals surface area contributed by atoms with Crippen molar-refractivity contribution in [2.24, 2.45) is 0 Å². The van der Waals surface area contributed by atoms with E-state index in [2.05, 4.69) is 15.3 Å². The molecule has 21 heavy (non-hydrogen) atoms. The molecule has 6 nitrogen and oxygen atoms in total. The van der Waals surface area contributed by atoms with Crippen LogP contribution in [-0.2, 0) is 0 Å². The molecule has 0 aliphatic rings. The van der Waals surface area contributed by atoms with Crippen LogP contribution in [0.3, 0.4) is 0 Å². The summed E-state index contributed by atoms with van der Waals surface area (Å²) in [4.78, 5) is 29.4. The quantitative estimate of drug-likeness (QED) is 0.807. The van der Waals surface area contributed by atoms with E-state index in [1.807, 2.05) is 13.8 Å². The number of carbonyl (C=O) groups is 1. The Morgan fingerprint density at radius 1 is 1.38 bits per heavy atom. The summed E-state index contributed by atoms with van der Waals surface area (Å²) in [5.41, 5.74) is 0.311. The first-order chi connectivity index (χ1) is 9.86. The fourth-order valence-electron chi connectivity index (χ4n) is 1.73. The molecular formula is C14H14ClN3O3. The predicted octanol–water partition coefficient (Wildman–Crippen LogP) is 2.99. The second-order valence-electron chi connectivity index (χ2n) is 4.80. The molecule has 0 spiro atoms. The molecule has 1 aromatic heterocycles. The molecule has 3 N–H and O–H groups in total. The number of halogens is 1. The van der Waals surface area contributed by atoms with Crippen LogP contribution in [-0.4, -0.2) is 21.0 Å². The Kier molecular flexibility index (Phi) is 4.28. The fourth-order valence-corrected chi connectivity index (χ4v) is 1.99. The van der Waals surface area contributed by atoms with Crippen molar-refractivity contribution in [3.05, 3.63) is 51.0 Å². The molecule has 0 unspecified atom stereocenters. The maximum atomic E-state index is 11.6. The topological polar surface area (TPSA) is 95.1 Å². The molecule has 0 amide bonds. The Hall–Kier alpha value is -2.34. The van der Waals surface area contributed by atoms with Crippen molar-refractivity contribution >= 4 is 29.1 Å². The fraction of sp³-hybridized carbons (Fsp3) is 0.214. The van der Waals surface area contributed by atoms with Gasteiger partial charge >= 0.3 is 5.97 Å². The molecule has 110 valence electrons. The van der Waals surface area contributed by atoms with Gasteiger partial charge in [0.15, 0.2) is 0 Å². The van der Waals surface area contributed by atoms with Gasteiger partial charge in [-0.05, 0) is 18.2 Å². The molecular weight excluding hydrogens is 294 g/mol. The van der Waals surface area contributed by atoms with Crippen LogP contribution in [0.1, 0.15) is 35.9 Å². The summed E-state index contributed by atoms with van der Waals surface area (Å²) in [7, 11) is 0. The van der Waals surface area contributed by atoms with E-state index in [-0.39, 0.29) is 22.1 Å². The zero-order valence-electron chi connectivity index (χ0n) is 11.5.